The van der Waals surface area contributed by atoms with Gasteiger partial charge < -0.3 is 14.8 Å². The molecule has 13 heavy (non-hydrogen) atoms. The van der Waals surface area contributed by atoms with Crippen molar-refractivity contribution < 1.29 is 22.6 Å². The van der Waals surface area contributed by atoms with Gasteiger partial charge in [0.1, 0.15) is 6.61 Å². The molecule has 1 rings (SSSR count). The second kappa shape index (κ2) is 4.26. The molecule has 0 aromatic heterocycles. The lowest BCUT2D eigenvalue weighted by Crippen LogP contribution is -2.46. The highest BCUT2D eigenvalue weighted by Gasteiger charge is 2.32. The summed E-state index contributed by atoms with van der Waals surface area (Å²) in [5.41, 5.74) is 0. The second-order valence-electron chi connectivity index (χ2n) is 2.79. The van der Waals surface area contributed by atoms with E-state index in [4.69, 9.17) is 4.74 Å². The van der Waals surface area contributed by atoms with Gasteiger partial charge in [-0.3, -0.25) is 0 Å². The SMILES string of the molecule is C[C@@H]1N[CH]CO[C@H]1OCC(F)(F)F. The van der Waals surface area contributed by atoms with Crippen molar-refractivity contribution in [2.24, 2.45) is 0 Å². The van der Waals surface area contributed by atoms with E-state index >= 15 is 0 Å². The highest BCUT2D eigenvalue weighted by Crippen LogP contribution is 2.17. The van der Waals surface area contributed by atoms with Gasteiger partial charge in [0.05, 0.1) is 12.6 Å². The zero-order chi connectivity index (χ0) is 9.90. The van der Waals surface area contributed by atoms with Crippen molar-refractivity contribution in [3.8, 4) is 0 Å². The van der Waals surface area contributed by atoms with Crippen LogP contribution in [0.2, 0.25) is 0 Å². The topological polar surface area (TPSA) is 30.5 Å². The summed E-state index contributed by atoms with van der Waals surface area (Å²) in [6, 6.07) is -0.254. The molecule has 1 aliphatic rings. The number of rotatable bonds is 2. The van der Waals surface area contributed by atoms with Crippen LogP contribution >= 0.6 is 0 Å². The van der Waals surface area contributed by atoms with E-state index in [2.05, 4.69) is 10.1 Å². The van der Waals surface area contributed by atoms with E-state index < -0.39 is 19.1 Å². The summed E-state index contributed by atoms with van der Waals surface area (Å²) in [6.45, 7) is 2.31. The van der Waals surface area contributed by atoms with E-state index in [0.29, 0.717) is 0 Å². The minimum Gasteiger partial charge on any atom is -0.349 e. The van der Waals surface area contributed by atoms with Crippen molar-refractivity contribution in [1.29, 1.82) is 0 Å². The highest BCUT2D eigenvalue weighted by atomic mass is 19.4. The zero-order valence-electron chi connectivity index (χ0n) is 7.10. The summed E-state index contributed by atoms with van der Waals surface area (Å²) in [6.07, 6.45) is -5.13. The Balaban J connectivity index is 2.27. The van der Waals surface area contributed by atoms with Gasteiger partial charge in [0.25, 0.3) is 0 Å². The van der Waals surface area contributed by atoms with Gasteiger partial charge in [-0.05, 0) is 6.92 Å². The number of alkyl halides is 3. The molecule has 0 saturated carbocycles. The second-order valence-corrected chi connectivity index (χ2v) is 2.79. The van der Waals surface area contributed by atoms with Crippen molar-refractivity contribution in [3.63, 3.8) is 0 Å². The molecule has 1 fully saturated rings. The van der Waals surface area contributed by atoms with Gasteiger partial charge >= 0.3 is 6.18 Å². The fourth-order valence-corrected chi connectivity index (χ4v) is 0.969. The largest absolute Gasteiger partial charge is 0.411 e. The standard InChI is InChI=1S/C7H11F3NO2/c1-5-6(12-3-2-11-5)13-4-7(8,9)10/h2,5-6,11H,3-4H2,1H3/t5-,6-/m0/s1. The van der Waals surface area contributed by atoms with Crippen molar-refractivity contribution in [3.05, 3.63) is 6.54 Å². The first-order valence-electron chi connectivity index (χ1n) is 3.87. The van der Waals surface area contributed by atoms with Crippen LogP contribution in [-0.2, 0) is 9.47 Å². The number of nitrogens with one attached hydrogen (secondary N) is 1. The average molecular weight is 198 g/mol. The summed E-state index contributed by atoms with van der Waals surface area (Å²) in [5.74, 6) is 0. The summed E-state index contributed by atoms with van der Waals surface area (Å²) in [5, 5.41) is 2.83. The first-order chi connectivity index (χ1) is 5.99. The summed E-state index contributed by atoms with van der Waals surface area (Å²) < 4.78 is 44.7. The Morgan fingerprint density at radius 2 is 2.31 bits per heavy atom. The molecule has 2 atom stereocenters. The Hall–Kier alpha value is -0.330. The molecular weight excluding hydrogens is 187 g/mol. The van der Waals surface area contributed by atoms with Crippen molar-refractivity contribution in [1.82, 2.24) is 5.32 Å². The molecule has 1 aliphatic heterocycles. The highest BCUT2D eigenvalue weighted by molar-refractivity contribution is 4.77. The van der Waals surface area contributed by atoms with Gasteiger partial charge in [-0.1, -0.05) is 0 Å². The van der Waals surface area contributed by atoms with Crippen molar-refractivity contribution in [2.75, 3.05) is 13.2 Å². The molecule has 1 radical (unpaired) electrons. The fourth-order valence-electron chi connectivity index (χ4n) is 0.969. The predicted molar refractivity (Wildman–Crippen MR) is 38.6 cm³/mol. The lowest BCUT2D eigenvalue weighted by Gasteiger charge is -2.29. The van der Waals surface area contributed by atoms with Gasteiger partial charge in [0.2, 0.25) is 0 Å². The van der Waals surface area contributed by atoms with Crippen LogP contribution in [0.4, 0.5) is 13.2 Å². The van der Waals surface area contributed by atoms with Crippen LogP contribution in [0.3, 0.4) is 0 Å². The van der Waals surface area contributed by atoms with E-state index in [9.17, 15) is 13.2 Å². The molecule has 1 saturated heterocycles. The summed E-state index contributed by atoms with van der Waals surface area (Å²) in [7, 11) is 0. The van der Waals surface area contributed by atoms with Crippen LogP contribution in [0.5, 0.6) is 0 Å². The number of hydrogen-bond acceptors (Lipinski definition) is 3. The van der Waals surface area contributed by atoms with Gasteiger partial charge in [-0.25, -0.2) is 0 Å². The molecule has 0 unspecified atom stereocenters. The Labute approximate surface area is 74.2 Å². The van der Waals surface area contributed by atoms with Gasteiger partial charge in [0.15, 0.2) is 6.29 Å². The lowest BCUT2D eigenvalue weighted by atomic mass is 10.3. The zero-order valence-corrected chi connectivity index (χ0v) is 7.10. The first kappa shape index (κ1) is 10.7. The van der Waals surface area contributed by atoms with Crippen LogP contribution in [0.25, 0.3) is 0 Å². The monoisotopic (exact) mass is 198 g/mol. The maximum Gasteiger partial charge on any atom is 0.411 e. The van der Waals surface area contributed by atoms with E-state index in [-0.39, 0.29) is 12.6 Å². The van der Waals surface area contributed by atoms with E-state index in [1.807, 2.05) is 0 Å². The minimum atomic E-state index is -4.30. The number of hydrogen-bond donors (Lipinski definition) is 1. The summed E-state index contributed by atoms with van der Waals surface area (Å²) in [4.78, 5) is 0. The Bertz CT molecular complexity index is 162. The molecule has 1 heterocycles. The van der Waals surface area contributed by atoms with Crippen molar-refractivity contribution >= 4 is 0 Å². The van der Waals surface area contributed by atoms with Gasteiger partial charge in [0, 0.05) is 6.54 Å². The van der Waals surface area contributed by atoms with E-state index in [0.717, 1.165) is 0 Å². The smallest absolute Gasteiger partial charge is 0.349 e. The molecule has 77 valence electrons. The first-order valence-corrected chi connectivity index (χ1v) is 3.87. The van der Waals surface area contributed by atoms with Crippen LogP contribution in [0, 0.1) is 6.54 Å². The summed E-state index contributed by atoms with van der Waals surface area (Å²) >= 11 is 0. The Kier molecular flexibility index (Phi) is 3.52. The molecule has 1 N–H and O–H groups in total. The third kappa shape index (κ3) is 3.93. The quantitative estimate of drug-likeness (QED) is 0.719. The molecule has 0 aliphatic carbocycles. The molecule has 0 amide bonds. The molecule has 3 nitrogen and oxygen atoms in total. The molecule has 0 aromatic carbocycles. The fraction of sp³-hybridized carbons (Fsp3) is 0.857. The maximum absolute atomic E-state index is 11.7. The van der Waals surface area contributed by atoms with E-state index in [1.54, 1.807) is 13.5 Å². The normalized spacial score (nSPS) is 30.5. The molecular formula is C7H11F3NO2. The van der Waals surface area contributed by atoms with Gasteiger partial charge in [-0.2, -0.15) is 13.2 Å². The number of halogens is 3. The molecule has 6 heteroatoms. The Morgan fingerprint density at radius 3 is 2.85 bits per heavy atom. The minimum absolute atomic E-state index is 0.254. The van der Waals surface area contributed by atoms with Gasteiger partial charge in [-0.15, -0.1) is 0 Å². The molecule has 0 spiro atoms. The third-order valence-corrected chi connectivity index (χ3v) is 1.54. The molecule has 0 bridgehead atoms. The van der Waals surface area contributed by atoms with Crippen LogP contribution in [0.15, 0.2) is 0 Å². The predicted octanol–water partition coefficient (Wildman–Crippen LogP) is 1.06. The van der Waals surface area contributed by atoms with Crippen LogP contribution in [-0.4, -0.2) is 31.7 Å². The van der Waals surface area contributed by atoms with Crippen LogP contribution in [0.1, 0.15) is 6.92 Å². The van der Waals surface area contributed by atoms with E-state index in [1.165, 1.54) is 0 Å². The third-order valence-electron chi connectivity index (χ3n) is 1.54. The Morgan fingerprint density at radius 1 is 1.62 bits per heavy atom. The number of morpholine rings is 1. The average Bonchev–Trinajstić information content (AvgIpc) is 2.01. The lowest BCUT2D eigenvalue weighted by molar-refractivity contribution is -0.238. The number of ether oxygens (including phenoxy) is 2. The molecule has 0 aromatic rings. The maximum atomic E-state index is 11.7. The van der Waals surface area contributed by atoms with Crippen LogP contribution < -0.4 is 5.32 Å². The van der Waals surface area contributed by atoms with Crippen molar-refractivity contribution in [2.45, 2.75) is 25.4 Å².